The van der Waals surface area contributed by atoms with E-state index in [4.69, 9.17) is 4.74 Å². The molecule has 2 heterocycles. The number of ether oxygens (including phenoxy) is 1. The fourth-order valence-electron chi connectivity index (χ4n) is 4.03. The number of sulfone groups is 1. The number of likely N-dealkylation sites (tertiary alicyclic amines) is 1. The number of carbonyl (C=O) groups excluding carboxylic acids is 1. The Kier molecular flexibility index (Phi) is 3.35. The van der Waals surface area contributed by atoms with Crippen molar-refractivity contribution in [2.24, 2.45) is 23.7 Å². The molecule has 5 nitrogen and oxygen atoms in total. The van der Waals surface area contributed by atoms with Gasteiger partial charge in [-0.2, -0.15) is 0 Å². The highest BCUT2D eigenvalue weighted by Gasteiger charge is 2.63. The van der Waals surface area contributed by atoms with Gasteiger partial charge in [0.05, 0.1) is 12.4 Å². The maximum absolute atomic E-state index is 12.5. The predicted molar refractivity (Wildman–Crippen MR) is 82.0 cm³/mol. The molecule has 2 aliphatic heterocycles. The standard InChI is InChI=1S/C16H25NO4S/c1-11-6-14(11)15(18)17-9-16(10-17)13(4-5-22(16,19)20)8-21-7-12-2-3-12/h11-14H,2-10H2,1H3/t11-,13+,14-/m1/s1. The Hall–Kier alpha value is -0.620. The lowest BCUT2D eigenvalue weighted by molar-refractivity contribution is -0.139. The van der Waals surface area contributed by atoms with Gasteiger partial charge in [-0.05, 0) is 37.5 Å². The molecule has 0 bridgehead atoms. The molecule has 0 aromatic carbocycles. The second-order valence-electron chi connectivity index (χ2n) is 7.86. The lowest BCUT2D eigenvalue weighted by Crippen LogP contribution is -2.69. The first-order chi connectivity index (χ1) is 10.4. The summed E-state index contributed by atoms with van der Waals surface area (Å²) in [5, 5.41) is 0. The van der Waals surface area contributed by atoms with Crippen LogP contribution in [0.15, 0.2) is 0 Å². The smallest absolute Gasteiger partial charge is 0.226 e. The zero-order valence-corrected chi connectivity index (χ0v) is 14.0. The molecule has 0 radical (unpaired) electrons. The Morgan fingerprint density at radius 1 is 1.23 bits per heavy atom. The minimum Gasteiger partial charge on any atom is -0.381 e. The summed E-state index contributed by atoms with van der Waals surface area (Å²) < 4.78 is 30.1. The Labute approximate surface area is 132 Å². The molecule has 1 spiro atoms. The molecular weight excluding hydrogens is 302 g/mol. The van der Waals surface area contributed by atoms with Crippen LogP contribution < -0.4 is 0 Å². The van der Waals surface area contributed by atoms with Crippen LogP contribution in [0.4, 0.5) is 0 Å². The summed E-state index contributed by atoms with van der Waals surface area (Å²) in [7, 11) is -3.09. The summed E-state index contributed by atoms with van der Waals surface area (Å²) in [5.74, 6) is 1.80. The first kappa shape index (κ1) is 14.9. The molecule has 0 unspecified atom stereocenters. The molecule has 124 valence electrons. The molecule has 4 fully saturated rings. The van der Waals surface area contributed by atoms with Crippen LogP contribution in [0, 0.1) is 23.7 Å². The van der Waals surface area contributed by atoms with E-state index in [9.17, 15) is 13.2 Å². The van der Waals surface area contributed by atoms with E-state index in [1.165, 1.54) is 12.8 Å². The molecular formula is C16H25NO4S. The SMILES string of the molecule is C[C@@H]1C[C@H]1C(=O)N1CC2(C1)[C@H](COCC1CC1)CCS2(=O)=O. The van der Waals surface area contributed by atoms with E-state index in [0.29, 0.717) is 38.0 Å². The van der Waals surface area contributed by atoms with Crippen LogP contribution in [0.25, 0.3) is 0 Å². The van der Waals surface area contributed by atoms with Gasteiger partial charge in [-0.3, -0.25) is 4.79 Å². The average Bonchev–Trinajstić information content (AvgIpc) is 3.30. The minimum atomic E-state index is -3.09. The topological polar surface area (TPSA) is 63.7 Å². The van der Waals surface area contributed by atoms with Crippen molar-refractivity contribution in [2.45, 2.75) is 37.4 Å². The maximum Gasteiger partial charge on any atom is 0.226 e. The molecule has 0 aromatic heterocycles. The Bertz CT molecular complexity index is 577. The van der Waals surface area contributed by atoms with Crippen molar-refractivity contribution in [1.29, 1.82) is 0 Å². The quantitative estimate of drug-likeness (QED) is 0.758. The van der Waals surface area contributed by atoms with Crippen molar-refractivity contribution < 1.29 is 17.9 Å². The number of rotatable bonds is 5. The summed E-state index contributed by atoms with van der Waals surface area (Å²) >= 11 is 0. The van der Waals surface area contributed by atoms with Crippen molar-refractivity contribution in [3.05, 3.63) is 0 Å². The highest BCUT2D eigenvalue weighted by atomic mass is 32.2. The van der Waals surface area contributed by atoms with Gasteiger partial charge in [-0.1, -0.05) is 6.92 Å². The number of hydrogen-bond acceptors (Lipinski definition) is 4. The van der Waals surface area contributed by atoms with E-state index in [-0.39, 0.29) is 23.5 Å². The molecule has 2 saturated heterocycles. The van der Waals surface area contributed by atoms with Gasteiger partial charge in [0, 0.05) is 31.5 Å². The van der Waals surface area contributed by atoms with Gasteiger partial charge in [0.25, 0.3) is 0 Å². The van der Waals surface area contributed by atoms with E-state index >= 15 is 0 Å². The van der Waals surface area contributed by atoms with Crippen LogP contribution >= 0.6 is 0 Å². The monoisotopic (exact) mass is 327 g/mol. The third-order valence-corrected chi connectivity index (χ3v) is 8.73. The fourth-order valence-corrected chi connectivity index (χ4v) is 6.43. The van der Waals surface area contributed by atoms with Gasteiger partial charge in [0.2, 0.25) is 5.91 Å². The molecule has 0 N–H and O–H groups in total. The van der Waals surface area contributed by atoms with Crippen LogP contribution in [0.1, 0.15) is 32.6 Å². The van der Waals surface area contributed by atoms with Crippen molar-refractivity contribution in [2.75, 3.05) is 32.1 Å². The van der Waals surface area contributed by atoms with Gasteiger partial charge < -0.3 is 9.64 Å². The third-order valence-electron chi connectivity index (χ3n) is 6.12. The zero-order valence-electron chi connectivity index (χ0n) is 13.2. The number of amides is 1. The van der Waals surface area contributed by atoms with Crippen molar-refractivity contribution in [3.63, 3.8) is 0 Å². The highest BCUT2D eigenvalue weighted by molar-refractivity contribution is 7.93. The van der Waals surface area contributed by atoms with Gasteiger partial charge in [0.1, 0.15) is 4.75 Å². The summed E-state index contributed by atoms with van der Waals surface area (Å²) in [4.78, 5) is 14.0. The van der Waals surface area contributed by atoms with Crippen LogP contribution in [0.5, 0.6) is 0 Å². The number of nitrogens with zero attached hydrogens (tertiary/aromatic N) is 1. The Balaban J connectivity index is 1.39. The second kappa shape index (κ2) is 4.94. The molecule has 2 aliphatic carbocycles. The summed E-state index contributed by atoms with van der Waals surface area (Å²) in [6, 6.07) is 0. The highest BCUT2D eigenvalue weighted by Crippen LogP contribution is 2.48. The lowest BCUT2D eigenvalue weighted by Gasteiger charge is -2.50. The van der Waals surface area contributed by atoms with E-state index < -0.39 is 14.6 Å². The molecule has 22 heavy (non-hydrogen) atoms. The normalized spacial score (nSPS) is 38.0. The number of hydrogen-bond donors (Lipinski definition) is 0. The van der Waals surface area contributed by atoms with Crippen molar-refractivity contribution in [1.82, 2.24) is 4.90 Å². The first-order valence-electron chi connectivity index (χ1n) is 8.52. The molecule has 0 aromatic rings. The largest absolute Gasteiger partial charge is 0.381 e. The molecule has 1 amide bonds. The molecule has 3 atom stereocenters. The summed E-state index contributed by atoms with van der Waals surface area (Å²) in [6.45, 7) is 4.19. The van der Waals surface area contributed by atoms with Crippen LogP contribution in [-0.2, 0) is 19.4 Å². The Morgan fingerprint density at radius 2 is 1.91 bits per heavy atom. The third kappa shape index (κ3) is 2.30. The van der Waals surface area contributed by atoms with Crippen LogP contribution in [0.3, 0.4) is 0 Å². The van der Waals surface area contributed by atoms with Gasteiger partial charge in [-0.15, -0.1) is 0 Å². The van der Waals surface area contributed by atoms with E-state index in [1.54, 1.807) is 4.90 Å². The minimum absolute atomic E-state index is 0.0666. The zero-order chi connectivity index (χ0) is 15.5. The van der Waals surface area contributed by atoms with E-state index in [1.807, 2.05) is 0 Å². The lowest BCUT2D eigenvalue weighted by atomic mass is 9.83. The van der Waals surface area contributed by atoms with Crippen molar-refractivity contribution >= 4 is 15.7 Å². The van der Waals surface area contributed by atoms with Crippen molar-refractivity contribution in [3.8, 4) is 0 Å². The molecule has 6 heteroatoms. The molecule has 4 rings (SSSR count). The summed E-state index contributed by atoms with van der Waals surface area (Å²) in [5.41, 5.74) is 0. The van der Waals surface area contributed by atoms with Gasteiger partial charge in [-0.25, -0.2) is 8.42 Å². The molecule has 4 aliphatic rings. The maximum atomic E-state index is 12.5. The average molecular weight is 327 g/mol. The fraction of sp³-hybridized carbons (Fsp3) is 0.938. The predicted octanol–water partition coefficient (Wildman–Crippen LogP) is 1.08. The van der Waals surface area contributed by atoms with Crippen LogP contribution in [-0.4, -0.2) is 56.0 Å². The van der Waals surface area contributed by atoms with Crippen LogP contribution in [0.2, 0.25) is 0 Å². The Morgan fingerprint density at radius 3 is 2.50 bits per heavy atom. The first-order valence-corrected chi connectivity index (χ1v) is 10.2. The summed E-state index contributed by atoms with van der Waals surface area (Å²) in [6.07, 6.45) is 4.14. The van der Waals surface area contributed by atoms with Gasteiger partial charge >= 0.3 is 0 Å². The number of carbonyl (C=O) groups is 1. The van der Waals surface area contributed by atoms with E-state index in [2.05, 4.69) is 6.92 Å². The van der Waals surface area contributed by atoms with E-state index in [0.717, 1.165) is 13.0 Å². The second-order valence-corrected chi connectivity index (χ2v) is 10.3. The van der Waals surface area contributed by atoms with Gasteiger partial charge in [0.15, 0.2) is 9.84 Å². The molecule has 2 saturated carbocycles.